The largest absolute Gasteiger partial charge is 0.369 e. The van der Waals surface area contributed by atoms with Crippen LogP contribution in [-0.2, 0) is 13.0 Å². The standard InChI is InChI=1S/C9H14ClN3O.ClH/c1-3-13-8(14)7(4-5-10)6(2)12-9(13)11;/h3-5H2,1-2H3,(H2,11,12);1H. The zero-order valence-corrected chi connectivity index (χ0v) is 10.4. The Labute approximate surface area is 99.9 Å². The molecule has 0 radical (unpaired) electrons. The smallest absolute Gasteiger partial charge is 0.258 e. The van der Waals surface area contributed by atoms with Crippen molar-refractivity contribution in [1.29, 1.82) is 0 Å². The Morgan fingerprint density at radius 1 is 1.53 bits per heavy atom. The van der Waals surface area contributed by atoms with Crippen molar-refractivity contribution >= 4 is 30.0 Å². The van der Waals surface area contributed by atoms with Crippen LogP contribution in [0.2, 0.25) is 0 Å². The molecule has 1 rings (SSSR count). The van der Waals surface area contributed by atoms with Gasteiger partial charge in [-0.1, -0.05) is 0 Å². The van der Waals surface area contributed by atoms with Crippen LogP contribution >= 0.6 is 24.0 Å². The first-order valence-corrected chi connectivity index (χ1v) is 5.07. The van der Waals surface area contributed by atoms with Gasteiger partial charge < -0.3 is 5.73 Å². The van der Waals surface area contributed by atoms with Crippen LogP contribution in [0, 0.1) is 6.92 Å². The molecule has 0 bridgehead atoms. The average Bonchev–Trinajstić information content (AvgIpc) is 2.12. The third-order valence-electron chi connectivity index (χ3n) is 2.16. The molecule has 1 heterocycles. The van der Waals surface area contributed by atoms with Crippen LogP contribution in [0.5, 0.6) is 0 Å². The first-order chi connectivity index (χ1) is 6.61. The highest BCUT2D eigenvalue weighted by molar-refractivity contribution is 6.17. The fraction of sp³-hybridized carbons (Fsp3) is 0.556. The molecule has 0 aromatic carbocycles. The summed E-state index contributed by atoms with van der Waals surface area (Å²) in [6.07, 6.45) is 0.541. The second-order valence-electron chi connectivity index (χ2n) is 3.02. The second-order valence-corrected chi connectivity index (χ2v) is 3.40. The Bertz CT molecular complexity index is 390. The predicted molar refractivity (Wildman–Crippen MR) is 65.0 cm³/mol. The van der Waals surface area contributed by atoms with Gasteiger partial charge in [-0.2, -0.15) is 0 Å². The van der Waals surface area contributed by atoms with Gasteiger partial charge in [-0.25, -0.2) is 4.98 Å². The molecular formula is C9H15Cl2N3O. The van der Waals surface area contributed by atoms with E-state index in [0.29, 0.717) is 30.1 Å². The third kappa shape index (κ3) is 2.86. The molecule has 0 fully saturated rings. The summed E-state index contributed by atoms with van der Waals surface area (Å²) >= 11 is 5.61. The lowest BCUT2D eigenvalue weighted by Gasteiger charge is -2.10. The summed E-state index contributed by atoms with van der Waals surface area (Å²) in [5.41, 5.74) is 6.89. The Hall–Kier alpha value is -0.740. The van der Waals surface area contributed by atoms with Gasteiger partial charge >= 0.3 is 0 Å². The number of rotatable bonds is 3. The van der Waals surface area contributed by atoms with Crippen molar-refractivity contribution in [2.75, 3.05) is 11.6 Å². The molecule has 0 aliphatic carbocycles. The molecule has 0 spiro atoms. The van der Waals surface area contributed by atoms with Gasteiger partial charge in [0.1, 0.15) is 0 Å². The number of hydrogen-bond donors (Lipinski definition) is 1. The molecule has 0 unspecified atom stereocenters. The lowest BCUT2D eigenvalue weighted by atomic mass is 10.2. The van der Waals surface area contributed by atoms with Crippen molar-refractivity contribution in [2.24, 2.45) is 0 Å². The molecule has 2 N–H and O–H groups in total. The molecule has 4 nitrogen and oxygen atoms in total. The lowest BCUT2D eigenvalue weighted by molar-refractivity contribution is 0.703. The van der Waals surface area contributed by atoms with Gasteiger partial charge in [-0.05, 0) is 20.3 Å². The van der Waals surface area contributed by atoms with Gasteiger partial charge in [0, 0.05) is 23.7 Å². The van der Waals surface area contributed by atoms with Crippen molar-refractivity contribution in [1.82, 2.24) is 9.55 Å². The number of nitrogen functional groups attached to an aromatic ring is 1. The van der Waals surface area contributed by atoms with E-state index in [1.807, 2.05) is 6.92 Å². The molecule has 0 saturated heterocycles. The van der Waals surface area contributed by atoms with E-state index >= 15 is 0 Å². The van der Waals surface area contributed by atoms with E-state index in [9.17, 15) is 4.79 Å². The Balaban J connectivity index is 0.00000196. The molecule has 1 aromatic rings. The molecule has 6 heteroatoms. The van der Waals surface area contributed by atoms with Crippen molar-refractivity contribution in [3.8, 4) is 0 Å². The van der Waals surface area contributed by atoms with Gasteiger partial charge in [0.25, 0.3) is 5.56 Å². The van der Waals surface area contributed by atoms with Gasteiger partial charge in [-0.15, -0.1) is 24.0 Å². The van der Waals surface area contributed by atoms with Gasteiger partial charge in [0.05, 0.1) is 0 Å². The van der Waals surface area contributed by atoms with Crippen LogP contribution < -0.4 is 11.3 Å². The highest BCUT2D eigenvalue weighted by atomic mass is 35.5. The fourth-order valence-corrected chi connectivity index (χ4v) is 1.60. The molecule has 0 aliphatic rings. The van der Waals surface area contributed by atoms with Crippen LogP contribution in [-0.4, -0.2) is 15.4 Å². The van der Waals surface area contributed by atoms with E-state index in [0.717, 1.165) is 0 Å². The van der Waals surface area contributed by atoms with Crippen molar-refractivity contribution in [2.45, 2.75) is 26.8 Å². The quantitative estimate of drug-likeness (QED) is 0.826. The Morgan fingerprint density at radius 3 is 2.60 bits per heavy atom. The summed E-state index contributed by atoms with van der Waals surface area (Å²) in [7, 11) is 0. The van der Waals surface area contributed by atoms with E-state index in [-0.39, 0.29) is 23.9 Å². The molecule has 0 atom stereocenters. The summed E-state index contributed by atoms with van der Waals surface area (Å²) < 4.78 is 1.45. The number of hydrogen-bond acceptors (Lipinski definition) is 3. The Morgan fingerprint density at radius 2 is 2.13 bits per heavy atom. The number of halogens is 2. The average molecular weight is 252 g/mol. The zero-order valence-electron chi connectivity index (χ0n) is 8.79. The third-order valence-corrected chi connectivity index (χ3v) is 2.35. The van der Waals surface area contributed by atoms with Gasteiger partial charge in [0.15, 0.2) is 0 Å². The lowest BCUT2D eigenvalue weighted by Crippen LogP contribution is -2.28. The van der Waals surface area contributed by atoms with Gasteiger partial charge in [0.2, 0.25) is 5.95 Å². The van der Waals surface area contributed by atoms with E-state index in [4.69, 9.17) is 17.3 Å². The summed E-state index contributed by atoms with van der Waals surface area (Å²) in [4.78, 5) is 15.9. The molecule has 0 aliphatic heterocycles. The first-order valence-electron chi connectivity index (χ1n) is 4.53. The normalized spacial score (nSPS) is 9.80. The first kappa shape index (κ1) is 14.3. The van der Waals surface area contributed by atoms with E-state index < -0.39 is 0 Å². The number of nitrogens with zero attached hydrogens (tertiary/aromatic N) is 2. The van der Waals surface area contributed by atoms with Crippen molar-refractivity contribution in [3.63, 3.8) is 0 Å². The molecular weight excluding hydrogens is 237 g/mol. The summed E-state index contributed by atoms with van der Waals surface area (Å²) in [5, 5.41) is 0. The highest BCUT2D eigenvalue weighted by Crippen LogP contribution is 2.04. The fourth-order valence-electron chi connectivity index (χ4n) is 1.41. The minimum Gasteiger partial charge on any atom is -0.369 e. The minimum atomic E-state index is -0.0712. The summed E-state index contributed by atoms with van der Waals surface area (Å²) in [6, 6.07) is 0. The van der Waals surface area contributed by atoms with E-state index in [1.54, 1.807) is 6.92 Å². The number of aromatic nitrogens is 2. The van der Waals surface area contributed by atoms with Crippen LogP contribution in [0.15, 0.2) is 4.79 Å². The number of alkyl halides is 1. The van der Waals surface area contributed by atoms with Crippen LogP contribution in [0.25, 0.3) is 0 Å². The maximum absolute atomic E-state index is 11.8. The summed E-state index contributed by atoms with van der Waals surface area (Å²) in [5.74, 6) is 0.694. The van der Waals surface area contributed by atoms with E-state index in [2.05, 4.69) is 4.98 Å². The molecule has 15 heavy (non-hydrogen) atoms. The zero-order chi connectivity index (χ0) is 10.7. The summed E-state index contributed by atoms with van der Waals surface area (Å²) in [6.45, 7) is 4.17. The number of nitrogens with two attached hydrogens (primary N) is 1. The van der Waals surface area contributed by atoms with Crippen LogP contribution in [0.4, 0.5) is 5.95 Å². The highest BCUT2D eigenvalue weighted by Gasteiger charge is 2.10. The monoisotopic (exact) mass is 251 g/mol. The number of anilines is 1. The van der Waals surface area contributed by atoms with Crippen molar-refractivity contribution in [3.05, 3.63) is 21.6 Å². The minimum absolute atomic E-state index is 0. The number of aryl methyl sites for hydroxylation is 1. The molecule has 1 aromatic heterocycles. The predicted octanol–water partition coefficient (Wildman–Crippen LogP) is 1.36. The topological polar surface area (TPSA) is 60.9 Å². The van der Waals surface area contributed by atoms with Crippen molar-refractivity contribution < 1.29 is 0 Å². The maximum Gasteiger partial charge on any atom is 0.258 e. The maximum atomic E-state index is 11.8. The molecule has 0 amide bonds. The second kappa shape index (κ2) is 5.98. The molecule has 0 saturated carbocycles. The Kier molecular flexibility index (Phi) is 5.68. The molecule has 86 valence electrons. The van der Waals surface area contributed by atoms with E-state index in [1.165, 1.54) is 4.57 Å². The van der Waals surface area contributed by atoms with Crippen LogP contribution in [0.1, 0.15) is 18.2 Å². The van der Waals surface area contributed by atoms with Crippen LogP contribution in [0.3, 0.4) is 0 Å². The SMILES string of the molecule is CCn1c(N)nc(C)c(CCCl)c1=O.Cl. The van der Waals surface area contributed by atoms with Gasteiger partial charge in [-0.3, -0.25) is 9.36 Å².